The van der Waals surface area contributed by atoms with Crippen LogP contribution in [0.15, 0.2) is 48.5 Å². The van der Waals surface area contributed by atoms with E-state index in [1.165, 1.54) is 4.90 Å². The second-order valence-corrected chi connectivity index (χ2v) is 7.53. The molecule has 0 aliphatic carbocycles. The first-order chi connectivity index (χ1) is 13.3. The zero-order valence-corrected chi connectivity index (χ0v) is 17.5. The van der Waals surface area contributed by atoms with Gasteiger partial charge in [0.25, 0.3) is 5.91 Å². The van der Waals surface area contributed by atoms with E-state index >= 15 is 0 Å². The van der Waals surface area contributed by atoms with Gasteiger partial charge < -0.3 is 15.0 Å². The molecule has 2 rings (SSSR count). The van der Waals surface area contributed by atoms with Crippen molar-refractivity contribution in [2.24, 2.45) is 0 Å². The Morgan fingerprint density at radius 1 is 1.11 bits per heavy atom. The predicted molar refractivity (Wildman–Crippen MR) is 111 cm³/mol. The largest absolute Gasteiger partial charge is 0.484 e. The van der Waals surface area contributed by atoms with E-state index in [0.717, 1.165) is 11.1 Å². The van der Waals surface area contributed by atoms with Crippen LogP contribution in [0, 0.1) is 6.92 Å². The van der Waals surface area contributed by atoms with Gasteiger partial charge in [0.15, 0.2) is 6.61 Å². The molecule has 28 heavy (non-hydrogen) atoms. The molecular weight excluding hydrogens is 376 g/mol. The third-order valence-corrected chi connectivity index (χ3v) is 4.47. The topological polar surface area (TPSA) is 58.6 Å². The number of carbonyl (C=O) groups excluding carboxylic acids is 2. The molecule has 0 aromatic heterocycles. The van der Waals surface area contributed by atoms with Crippen LogP contribution in [0.5, 0.6) is 5.75 Å². The van der Waals surface area contributed by atoms with Gasteiger partial charge in [-0.3, -0.25) is 9.59 Å². The maximum absolute atomic E-state index is 12.9. The molecule has 0 aliphatic heterocycles. The second kappa shape index (κ2) is 10.1. The average Bonchev–Trinajstić information content (AvgIpc) is 2.64. The monoisotopic (exact) mass is 402 g/mol. The highest BCUT2D eigenvalue weighted by Crippen LogP contribution is 2.16. The van der Waals surface area contributed by atoms with Crippen molar-refractivity contribution in [1.82, 2.24) is 10.2 Å². The van der Waals surface area contributed by atoms with Crippen LogP contribution in [-0.4, -0.2) is 35.4 Å². The molecule has 0 radical (unpaired) electrons. The van der Waals surface area contributed by atoms with Crippen LogP contribution in [0.2, 0.25) is 5.02 Å². The minimum Gasteiger partial charge on any atom is -0.484 e. The van der Waals surface area contributed by atoms with Gasteiger partial charge >= 0.3 is 0 Å². The normalized spacial score (nSPS) is 11.8. The quantitative estimate of drug-likeness (QED) is 0.726. The van der Waals surface area contributed by atoms with E-state index in [1.54, 1.807) is 25.1 Å². The molecule has 0 fully saturated rings. The van der Waals surface area contributed by atoms with E-state index < -0.39 is 6.04 Å². The summed E-state index contributed by atoms with van der Waals surface area (Å²) in [6.45, 7) is 7.60. The lowest BCUT2D eigenvalue weighted by Crippen LogP contribution is -2.50. The van der Waals surface area contributed by atoms with Gasteiger partial charge in [0.05, 0.1) is 0 Å². The molecule has 5 nitrogen and oxygen atoms in total. The Morgan fingerprint density at radius 2 is 1.79 bits per heavy atom. The summed E-state index contributed by atoms with van der Waals surface area (Å²) in [5.74, 6) is 0.162. The number of rotatable bonds is 8. The smallest absolute Gasteiger partial charge is 0.261 e. The fourth-order valence-corrected chi connectivity index (χ4v) is 2.83. The van der Waals surface area contributed by atoms with Crippen molar-refractivity contribution >= 4 is 23.4 Å². The molecule has 2 amide bonds. The van der Waals surface area contributed by atoms with Crippen molar-refractivity contribution in [2.45, 2.75) is 46.3 Å². The SMILES string of the molecule is Cc1cccc(OCC(=O)N(Cc2ccc(Cl)cc2)[C@@H](C)C(=O)NC(C)C)c1. The van der Waals surface area contributed by atoms with Gasteiger partial charge in [-0.25, -0.2) is 0 Å². The number of aryl methyl sites for hydroxylation is 1. The van der Waals surface area contributed by atoms with Crippen LogP contribution >= 0.6 is 11.6 Å². The summed E-state index contributed by atoms with van der Waals surface area (Å²) in [5, 5.41) is 3.48. The van der Waals surface area contributed by atoms with Crippen LogP contribution < -0.4 is 10.1 Å². The zero-order chi connectivity index (χ0) is 20.7. The average molecular weight is 403 g/mol. The summed E-state index contributed by atoms with van der Waals surface area (Å²) in [7, 11) is 0. The van der Waals surface area contributed by atoms with E-state index in [-0.39, 0.29) is 24.5 Å². The summed E-state index contributed by atoms with van der Waals surface area (Å²) in [6.07, 6.45) is 0. The van der Waals surface area contributed by atoms with Crippen molar-refractivity contribution in [1.29, 1.82) is 0 Å². The molecule has 2 aromatic carbocycles. The number of halogens is 1. The molecule has 0 spiro atoms. The van der Waals surface area contributed by atoms with Crippen LogP contribution in [0.3, 0.4) is 0 Å². The third-order valence-electron chi connectivity index (χ3n) is 4.22. The molecule has 6 heteroatoms. The number of carbonyl (C=O) groups is 2. The Bertz CT molecular complexity index is 806. The highest BCUT2D eigenvalue weighted by atomic mass is 35.5. The Hall–Kier alpha value is -2.53. The number of hydrogen-bond acceptors (Lipinski definition) is 3. The molecule has 0 saturated carbocycles. The number of nitrogens with one attached hydrogen (secondary N) is 1. The van der Waals surface area contributed by atoms with Crippen molar-refractivity contribution < 1.29 is 14.3 Å². The van der Waals surface area contributed by atoms with E-state index in [1.807, 2.05) is 51.1 Å². The van der Waals surface area contributed by atoms with Crippen molar-refractivity contribution in [3.05, 3.63) is 64.7 Å². The first-order valence-electron chi connectivity index (χ1n) is 9.30. The lowest BCUT2D eigenvalue weighted by Gasteiger charge is -2.29. The van der Waals surface area contributed by atoms with Gasteiger partial charge in [-0.15, -0.1) is 0 Å². The maximum Gasteiger partial charge on any atom is 0.261 e. The lowest BCUT2D eigenvalue weighted by molar-refractivity contribution is -0.142. The summed E-state index contributed by atoms with van der Waals surface area (Å²) in [6, 6.07) is 14.1. The van der Waals surface area contributed by atoms with Crippen LogP contribution in [0.1, 0.15) is 31.9 Å². The molecule has 1 atom stereocenters. The highest BCUT2D eigenvalue weighted by Gasteiger charge is 2.26. The van der Waals surface area contributed by atoms with E-state index in [0.29, 0.717) is 17.3 Å². The van der Waals surface area contributed by atoms with E-state index in [2.05, 4.69) is 5.32 Å². The lowest BCUT2D eigenvalue weighted by atomic mass is 10.1. The summed E-state index contributed by atoms with van der Waals surface area (Å²) in [5.41, 5.74) is 1.94. The zero-order valence-electron chi connectivity index (χ0n) is 16.7. The van der Waals surface area contributed by atoms with Crippen LogP contribution in [0.4, 0.5) is 0 Å². The summed E-state index contributed by atoms with van der Waals surface area (Å²) < 4.78 is 5.65. The summed E-state index contributed by atoms with van der Waals surface area (Å²) in [4.78, 5) is 26.9. The minimum atomic E-state index is -0.633. The van der Waals surface area contributed by atoms with Gasteiger partial charge in [-0.1, -0.05) is 35.9 Å². The van der Waals surface area contributed by atoms with Crippen molar-refractivity contribution in [3.63, 3.8) is 0 Å². The molecule has 0 heterocycles. The third kappa shape index (κ3) is 6.57. The van der Waals surface area contributed by atoms with Gasteiger partial charge in [-0.05, 0) is 63.1 Å². The van der Waals surface area contributed by atoms with Gasteiger partial charge in [-0.2, -0.15) is 0 Å². The van der Waals surface area contributed by atoms with Gasteiger partial charge in [0.1, 0.15) is 11.8 Å². The van der Waals surface area contributed by atoms with Crippen LogP contribution in [-0.2, 0) is 16.1 Å². The van der Waals surface area contributed by atoms with Gasteiger partial charge in [0, 0.05) is 17.6 Å². The second-order valence-electron chi connectivity index (χ2n) is 7.09. The number of hydrogen-bond donors (Lipinski definition) is 1. The molecule has 0 saturated heterocycles. The number of amides is 2. The first kappa shape index (κ1) is 21.8. The number of ether oxygens (including phenoxy) is 1. The molecule has 1 N–H and O–H groups in total. The van der Waals surface area contributed by atoms with Crippen molar-refractivity contribution in [2.75, 3.05) is 6.61 Å². The molecule has 0 bridgehead atoms. The van der Waals surface area contributed by atoms with Crippen molar-refractivity contribution in [3.8, 4) is 5.75 Å². The molecule has 2 aromatic rings. The predicted octanol–water partition coefficient (Wildman–Crippen LogP) is 3.97. The van der Waals surface area contributed by atoms with E-state index in [9.17, 15) is 9.59 Å². The standard InChI is InChI=1S/C22H27ClN2O3/c1-15(2)24-22(27)17(4)25(13-18-8-10-19(23)11-9-18)21(26)14-28-20-7-5-6-16(3)12-20/h5-12,15,17H,13-14H2,1-4H3,(H,24,27)/t17-/m0/s1. The molecule has 0 aliphatic rings. The van der Waals surface area contributed by atoms with E-state index in [4.69, 9.17) is 16.3 Å². The molecule has 0 unspecified atom stereocenters. The Morgan fingerprint density at radius 3 is 2.39 bits per heavy atom. The fourth-order valence-electron chi connectivity index (χ4n) is 2.71. The fraction of sp³-hybridized carbons (Fsp3) is 0.364. The van der Waals surface area contributed by atoms with Gasteiger partial charge in [0.2, 0.25) is 5.91 Å². The number of nitrogens with zero attached hydrogens (tertiary/aromatic N) is 1. The Kier molecular flexibility index (Phi) is 7.88. The first-order valence-corrected chi connectivity index (χ1v) is 9.68. The Balaban J connectivity index is 2.14. The Labute approximate surface area is 171 Å². The highest BCUT2D eigenvalue weighted by molar-refractivity contribution is 6.30. The minimum absolute atomic E-state index is 0.00835. The molecular formula is C22H27ClN2O3. The summed E-state index contributed by atoms with van der Waals surface area (Å²) >= 11 is 5.95. The number of benzene rings is 2. The van der Waals surface area contributed by atoms with Crippen LogP contribution in [0.25, 0.3) is 0 Å². The molecule has 150 valence electrons. The maximum atomic E-state index is 12.9.